The minimum Gasteiger partial charge on any atom is -0.455 e. The molecule has 0 spiro atoms. The molecule has 1 rings (SSSR count). The van der Waals surface area contributed by atoms with Gasteiger partial charge in [0.2, 0.25) is 11.2 Å². The quantitative estimate of drug-likeness (QED) is 0.620. The third-order valence-electron chi connectivity index (χ3n) is 1.64. The van der Waals surface area contributed by atoms with Gasteiger partial charge in [-0.3, -0.25) is 0 Å². The molecule has 1 aromatic heterocycles. The summed E-state index contributed by atoms with van der Waals surface area (Å²) in [6, 6.07) is 0.816. The first kappa shape index (κ1) is 14.8. The van der Waals surface area contributed by atoms with Crippen LogP contribution in [-0.2, 0) is 0 Å². The van der Waals surface area contributed by atoms with Crippen LogP contribution in [0, 0.1) is 6.92 Å². The molecule has 1 aromatic rings. The number of hydrogen-bond acceptors (Lipinski definition) is 3. The lowest BCUT2D eigenvalue weighted by Crippen LogP contribution is -2.46. The second-order valence-electron chi connectivity index (χ2n) is 3.20. The Bertz CT molecular complexity index is 398. The van der Waals surface area contributed by atoms with Gasteiger partial charge in [-0.2, -0.15) is 31.3 Å². The number of halogens is 7. The molecule has 0 N–H and O–H groups in total. The fourth-order valence-electron chi connectivity index (χ4n) is 1.01. The molecule has 0 amide bonds. The molecular formula is C8H5ClF6N2O. The summed E-state index contributed by atoms with van der Waals surface area (Å²) in [5.74, 6) is -0.896. The number of hydrogen-bond donors (Lipinski definition) is 0. The highest BCUT2D eigenvalue weighted by Gasteiger charge is 2.59. The summed E-state index contributed by atoms with van der Waals surface area (Å²) in [4.78, 5) is 6.61. The van der Waals surface area contributed by atoms with Crippen LogP contribution in [-0.4, -0.2) is 28.4 Å². The fourth-order valence-corrected chi connectivity index (χ4v) is 1.22. The van der Waals surface area contributed by atoms with Crippen LogP contribution in [0.5, 0.6) is 5.88 Å². The molecule has 0 fully saturated rings. The second kappa shape index (κ2) is 4.79. The summed E-state index contributed by atoms with van der Waals surface area (Å²) in [6.45, 7) is 1.32. The van der Waals surface area contributed by atoms with Crippen molar-refractivity contribution in [3.63, 3.8) is 0 Å². The zero-order valence-electron chi connectivity index (χ0n) is 8.60. The molecule has 0 bridgehead atoms. The van der Waals surface area contributed by atoms with Gasteiger partial charge in [-0.05, 0) is 18.5 Å². The van der Waals surface area contributed by atoms with Crippen LogP contribution >= 0.6 is 11.6 Å². The molecule has 0 aliphatic rings. The number of nitrogens with zero attached hydrogens (tertiary/aromatic N) is 2. The van der Waals surface area contributed by atoms with Gasteiger partial charge >= 0.3 is 12.4 Å². The van der Waals surface area contributed by atoms with Crippen LogP contribution in [0.1, 0.15) is 5.69 Å². The number of aryl methyl sites for hydroxylation is 1. The van der Waals surface area contributed by atoms with E-state index in [1.54, 1.807) is 0 Å². The topological polar surface area (TPSA) is 35.0 Å². The molecule has 0 unspecified atom stereocenters. The number of aromatic nitrogens is 2. The lowest BCUT2D eigenvalue weighted by atomic mass is 10.3. The van der Waals surface area contributed by atoms with Gasteiger partial charge < -0.3 is 4.74 Å². The van der Waals surface area contributed by atoms with Gasteiger partial charge in [0, 0.05) is 11.8 Å². The van der Waals surface area contributed by atoms with Crippen molar-refractivity contribution >= 4 is 11.6 Å². The Labute approximate surface area is 102 Å². The van der Waals surface area contributed by atoms with Crippen LogP contribution in [0.15, 0.2) is 6.07 Å². The molecule has 0 aliphatic heterocycles. The minimum absolute atomic E-state index is 0.0769. The molecule has 0 aromatic carbocycles. The van der Waals surface area contributed by atoms with Crippen LogP contribution in [0.3, 0.4) is 0 Å². The van der Waals surface area contributed by atoms with E-state index in [0.29, 0.717) is 0 Å². The largest absolute Gasteiger partial charge is 0.455 e. The maximum atomic E-state index is 12.2. The standard InChI is InChI=1S/C8H5ClF6N2O/c1-3-2-4(17-6(9)16-3)18-5(7(10,11)12)8(13,14)15/h2,5H,1H3. The van der Waals surface area contributed by atoms with E-state index in [1.807, 2.05) is 0 Å². The Balaban J connectivity index is 3.04. The Morgan fingerprint density at radius 3 is 2.00 bits per heavy atom. The smallest absolute Gasteiger partial charge is 0.434 e. The minimum atomic E-state index is -5.61. The van der Waals surface area contributed by atoms with Crippen molar-refractivity contribution in [3.05, 3.63) is 17.0 Å². The van der Waals surface area contributed by atoms with E-state index < -0.39 is 29.6 Å². The number of rotatable bonds is 2. The zero-order chi connectivity index (χ0) is 14.1. The molecule has 0 radical (unpaired) electrons. The Kier molecular flexibility index (Phi) is 3.94. The molecule has 0 saturated carbocycles. The molecule has 1 heterocycles. The maximum Gasteiger partial charge on any atom is 0.434 e. The molecule has 18 heavy (non-hydrogen) atoms. The monoisotopic (exact) mass is 294 g/mol. The van der Waals surface area contributed by atoms with Crippen molar-refractivity contribution < 1.29 is 31.1 Å². The van der Waals surface area contributed by atoms with E-state index in [-0.39, 0.29) is 5.69 Å². The van der Waals surface area contributed by atoms with Crippen molar-refractivity contribution in [3.8, 4) is 5.88 Å². The summed E-state index contributed by atoms with van der Waals surface area (Å²) in [5.41, 5.74) is 0.0769. The van der Waals surface area contributed by atoms with Gasteiger partial charge in [-0.15, -0.1) is 0 Å². The molecule has 0 atom stereocenters. The van der Waals surface area contributed by atoms with Gasteiger partial charge in [0.05, 0.1) is 0 Å². The van der Waals surface area contributed by atoms with E-state index in [4.69, 9.17) is 11.6 Å². The van der Waals surface area contributed by atoms with Crippen LogP contribution in [0.2, 0.25) is 5.28 Å². The third kappa shape index (κ3) is 3.90. The normalized spacial score (nSPS) is 12.9. The lowest BCUT2D eigenvalue weighted by Gasteiger charge is -2.23. The number of ether oxygens (including phenoxy) is 1. The van der Waals surface area contributed by atoms with Crippen molar-refractivity contribution in [2.75, 3.05) is 0 Å². The van der Waals surface area contributed by atoms with Gasteiger partial charge in [-0.1, -0.05) is 0 Å². The fraction of sp³-hybridized carbons (Fsp3) is 0.500. The zero-order valence-corrected chi connectivity index (χ0v) is 9.36. The molecule has 102 valence electrons. The third-order valence-corrected chi connectivity index (χ3v) is 1.81. The van der Waals surface area contributed by atoms with E-state index in [9.17, 15) is 26.3 Å². The van der Waals surface area contributed by atoms with Gasteiger partial charge in [0.15, 0.2) is 0 Å². The lowest BCUT2D eigenvalue weighted by molar-refractivity contribution is -0.300. The average molecular weight is 295 g/mol. The van der Waals surface area contributed by atoms with Crippen molar-refractivity contribution in [2.24, 2.45) is 0 Å². The summed E-state index contributed by atoms with van der Waals surface area (Å²) in [5, 5.41) is -0.506. The summed E-state index contributed by atoms with van der Waals surface area (Å²) in [7, 11) is 0. The van der Waals surface area contributed by atoms with Crippen LogP contribution < -0.4 is 4.74 Å². The van der Waals surface area contributed by atoms with Crippen molar-refractivity contribution in [1.29, 1.82) is 0 Å². The van der Waals surface area contributed by atoms with Gasteiger partial charge in [0.25, 0.3) is 6.10 Å². The second-order valence-corrected chi connectivity index (χ2v) is 3.54. The Morgan fingerprint density at radius 2 is 1.61 bits per heavy atom. The highest BCUT2D eigenvalue weighted by Crippen LogP contribution is 2.36. The summed E-state index contributed by atoms with van der Waals surface area (Å²) >= 11 is 5.30. The van der Waals surface area contributed by atoms with E-state index in [0.717, 1.165) is 6.07 Å². The first-order chi connectivity index (χ1) is 8.00. The predicted molar refractivity (Wildman–Crippen MR) is 48.3 cm³/mol. The van der Waals surface area contributed by atoms with Crippen molar-refractivity contribution in [1.82, 2.24) is 9.97 Å². The molecule has 10 heteroatoms. The van der Waals surface area contributed by atoms with E-state index in [2.05, 4.69) is 14.7 Å². The first-order valence-corrected chi connectivity index (χ1v) is 4.69. The van der Waals surface area contributed by atoms with E-state index in [1.165, 1.54) is 6.92 Å². The predicted octanol–water partition coefficient (Wildman–Crippen LogP) is 3.31. The molecule has 0 saturated heterocycles. The Hall–Kier alpha value is -1.25. The first-order valence-electron chi connectivity index (χ1n) is 4.31. The van der Waals surface area contributed by atoms with Gasteiger partial charge in [0.1, 0.15) is 0 Å². The van der Waals surface area contributed by atoms with Gasteiger partial charge in [-0.25, -0.2) is 4.98 Å². The number of alkyl halides is 6. The maximum absolute atomic E-state index is 12.2. The highest BCUT2D eigenvalue weighted by molar-refractivity contribution is 6.28. The molecule has 3 nitrogen and oxygen atoms in total. The highest BCUT2D eigenvalue weighted by atomic mass is 35.5. The summed E-state index contributed by atoms with van der Waals surface area (Å²) < 4.78 is 76.9. The summed E-state index contributed by atoms with van der Waals surface area (Å²) in [6.07, 6.45) is -15.2. The van der Waals surface area contributed by atoms with Crippen LogP contribution in [0.25, 0.3) is 0 Å². The molecular weight excluding hydrogens is 290 g/mol. The average Bonchev–Trinajstić information content (AvgIpc) is 2.08. The van der Waals surface area contributed by atoms with Crippen molar-refractivity contribution in [2.45, 2.75) is 25.4 Å². The van der Waals surface area contributed by atoms with E-state index >= 15 is 0 Å². The molecule has 0 aliphatic carbocycles. The Morgan fingerprint density at radius 1 is 1.11 bits per heavy atom. The van der Waals surface area contributed by atoms with Crippen LogP contribution in [0.4, 0.5) is 26.3 Å². The SMILES string of the molecule is Cc1cc(OC(C(F)(F)F)C(F)(F)F)nc(Cl)n1.